The summed E-state index contributed by atoms with van der Waals surface area (Å²) in [4.78, 5) is 4.49. The molecule has 6 heteroatoms. The normalized spacial score (nSPS) is 28.7. The van der Waals surface area contributed by atoms with Gasteiger partial charge in [-0.2, -0.15) is 0 Å². The van der Waals surface area contributed by atoms with Crippen molar-refractivity contribution < 1.29 is 14.2 Å². The van der Waals surface area contributed by atoms with Gasteiger partial charge in [0.15, 0.2) is 5.96 Å². The van der Waals surface area contributed by atoms with E-state index in [-0.39, 0.29) is 23.6 Å². The van der Waals surface area contributed by atoms with Gasteiger partial charge >= 0.3 is 0 Å². The van der Waals surface area contributed by atoms with Crippen molar-refractivity contribution in [3.8, 4) is 0 Å². The molecule has 4 atom stereocenters. The van der Waals surface area contributed by atoms with Crippen LogP contribution >= 0.6 is 0 Å². The summed E-state index contributed by atoms with van der Waals surface area (Å²) in [5.41, 5.74) is 0.308. The minimum absolute atomic E-state index is 0.0332. The zero-order valence-corrected chi connectivity index (χ0v) is 15.8. The fourth-order valence-corrected chi connectivity index (χ4v) is 4.30. The van der Waals surface area contributed by atoms with Gasteiger partial charge in [-0.05, 0) is 25.8 Å². The Balaban J connectivity index is 1.67. The molecule has 0 radical (unpaired) electrons. The van der Waals surface area contributed by atoms with Crippen molar-refractivity contribution in [2.75, 3.05) is 19.7 Å². The number of nitrogens with one attached hydrogen (secondary N) is 2. The average molecular weight is 363 g/mol. The minimum Gasteiger partial charge on any atom is -0.386 e. The van der Waals surface area contributed by atoms with E-state index in [2.05, 4.69) is 29.5 Å². The average Bonchev–Trinajstić information content (AvgIpc) is 2.64. The summed E-state index contributed by atoms with van der Waals surface area (Å²) >= 11 is 0. The summed E-state index contributed by atoms with van der Waals surface area (Å²) < 4.78 is 19.8. The number of aliphatic hydroxyl groups excluding tert-OH is 1. The van der Waals surface area contributed by atoms with E-state index in [1.807, 2.05) is 6.92 Å². The Morgan fingerprint density at radius 3 is 2.92 bits per heavy atom. The van der Waals surface area contributed by atoms with E-state index in [9.17, 15) is 9.50 Å². The van der Waals surface area contributed by atoms with Crippen molar-refractivity contribution in [1.29, 1.82) is 0 Å². The van der Waals surface area contributed by atoms with E-state index < -0.39 is 11.9 Å². The molecule has 0 amide bonds. The van der Waals surface area contributed by atoms with Gasteiger partial charge in [0, 0.05) is 36.1 Å². The van der Waals surface area contributed by atoms with Crippen molar-refractivity contribution in [1.82, 2.24) is 10.6 Å². The van der Waals surface area contributed by atoms with Crippen molar-refractivity contribution in [2.24, 2.45) is 16.3 Å². The summed E-state index contributed by atoms with van der Waals surface area (Å²) in [5, 5.41) is 17.0. The van der Waals surface area contributed by atoms with E-state index >= 15 is 0 Å². The topological polar surface area (TPSA) is 65.9 Å². The van der Waals surface area contributed by atoms with E-state index in [1.54, 1.807) is 18.2 Å². The van der Waals surface area contributed by atoms with Gasteiger partial charge in [-0.15, -0.1) is 0 Å². The molecule has 1 aliphatic carbocycles. The number of rotatable bonds is 5. The van der Waals surface area contributed by atoms with Crippen LogP contribution in [-0.2, 0) is 4.74 Å². The molecule has 1 aromatic carbocycles. The Bertz CT molecular complexity index is 650. The monoisotopic (exact) mass is 363 g/mol. The van der Waals surface area contributed by atoms with Crippen LogP contribution in [0.4, 0.5) is 4.39 Å². The van der Waals surface area contributed by atoms with Crippen molar-refractivity contribution >= 4 is 5.96 Å². The summed E-state index contributed by atoms with van der Waals surface area (Å²) in [6, 6.07) is 6.55. The maximum absolute atomic E-state index is 13.8. The fraction of sp³-hybridized carbons (Fsp3) is 0.650. The number of hydrogen-bond donors (Lipinski definition) is 3. The van der Waals surface area contributed by atoms with E-state index in [1.165, 1.54) is 6.07 Å². The molecule has 144 valence electrons. The number of nitrogens with zero attached hydrogens (tertiary/aromatic N) is 1. The molecule has 0 aromatic heterocycles. The van der Waals surface area contributed by atoms with Gasteiger partial charge in [-0.3, -0.25) is 4.99 Å². The first-order chi connectivity index (χ1) is 12.4. The third-order valence-electron chi connectivity index (χ3n) is 5.65. The van der Waals surface area contributed by atoms with E-state index in [0.29, 0.717) is 18.0 Å². The predicted octanol–water partition coefficient (Wildman–Crippen LogP) is 2.62. The first-order valence-corrected chi connectivity index (χ1v) is 9.54. The molecule has 3 N–H and O–H groups in total. The quantitative estimate of drug-likeness (QED) is 0.556. The highest BCUT2D eigenvalue weighted by molar-refractivity contribution is 5.80. The second kappa shape index (κ2) is 7.92. The lowest BCUT2D eigenvalue weighted by Gasteiger charge is -2.60. The Morgan fingerprint density at radius 2 is 2.19 bits per heavy atom. The lowest BCUT2D eigenvalue weighted by molar-refractivity contribution is -0.188. The third-order valence-corrected chi connectivity index (χ3v) is 5.65. The SMILES string of the molecule is CCNC(=NCC(O)c1ccccc1F)NC1C2CCCOC2C1(C)C. The summed E-state index contributed by atoms with van der Waals surface area (Å²) in [6.45, 7) is 8.11. The highest BCUT2D eigenvalue weighted by Crippen LogP contribution is 2.51. The molecular formula is C20H30FN3O2. The van der Waals surface area contributed by atoms with Crippen LogP contribution < -0.4 is 10.6 Å². The minimum atomic E-state index is -0.966. The molecule has 4 unspecified atom stereocenters. The van der Waals surface area contributed by atoms with E-state index in [4.69, 9.17) is 4.74 Å². The molecule has 0 bridgehead atoms. The number of aliphatic hydroxyl groups is 1. The summed E-state index contributed by atoms with van der Waals surface area (Å²) in [7, 11) is 0. The first-order valence-electron chi connectivity index (χ1n) is 9.54. The molecule has 1 aromatic rings. The van der Waals surface area contributed by atoms with Gasteiger partial charge in [0.25, 0.3) is 0 Å². The lowest BCUT2D eigenvalue weighted by Crippen LogP contribution is -2.71. The number of benzene rings is 1. The molecular weight excluding hydrogens is 333 g/mol. The number of ether oxygens (including phenoxy) is 1. The van der Waals surface area contributed by atoms with Crippen LogP contribution in [0.1, 0.15) is 45.3 Å². The Morgan fingerprint density at radius 1 is 1.42 bits per heavy atom. The zero-order chi connectivity index (χ0) is 18.7. The molecule has 3 rings (SSSR count). The smallest absolute Gasteiger partial charge is 0.191 e. The highest BCUT2D eigenvalue weighted by atomic mass is 19.1. The number of aliphatic imine (C=N–C) groups is 1. The lowest BCUT2D eigenvalue weighted by atomic mass is 9.55. The number of guanidine groups is 1. The Kier molecular flexibility index (Phi) is 5.82. The van der Waals surface area contributed by atoms with Crippen LogP contribution in [0, 0.1) is 17.2 Å². The third kappa shape index (κ3) is 3.71. The molecule has 1 aliphatic heterocycles. The van der Waals surface area contributed by atoms with Crippen molar-refractivity contribution in [3.63, 3.8) is 0 Å². The number of fused-ring (bicyclic) bond motifs is 1. The molecule has 5 nitrogen and oxygen atoms in total. The highest BCUT2D eigenvalue weighted by Gasteiger charge is 2.58. The van der Waals surface area contributed by atoms with Gasteiger partial charge in [-0.1, -0.05) is 32.0 Å². The maximum atomic E-state index is 13.8. The molecule has 0 spiro atoms. The van der Waals surface area contributed by atoms with Gasteiger partial charge < -0.3 is 20.5 Å². The first kappa shape index (κ1) is 19.1. The number of halogens is 1. The second-order valence-electron chi connectivity index (χ2n) is 7.80. The fourth-order valence-electron chi connectivity index (χ4n) is 4.30. The van der Waals surface area contributed by atoms with Crippen LogP contribution in [-0.4, -0.2) is 42.9 Å². The maximum Gasteiger partial charge on any atom is 0.191 e. The molecule has 2 aliphatic rings. The standard InChI is InChI=1S/C20H30FN3O2/c1-4-22-19(23-12-16(25)13-8-5-6-10-15(13)21)24-17-14-9-7-11-26-18(14)20(17,2)3/h5-6,8,10,14,16-18,25H,4,7,9,11-12H2,1-3H3,(H2,22,23,24). The van der Waals surface area contributed by atoms with Crippen LogP contribution in [0.2, 0.25) is 0 Å². The molecule has 26 heavy (non-hydrogen) atoms. The number of hydrogen-bond acceptors (Lipinski definition) is 3. The van der Waals surface area contributed by atoms with Crippen molar-refractivity contribution in [2.45, 2.75) is 51.9 Å². The van der Waals surface area contributed by atoms with E-state index in [0.717, 1.165) is 26.0 Å². The van der Waals surface area contributed by atoms with Gasteiger partial charge in [0.2, 0.25) is 0 Å². The zero-order valence-electron chi connectivity index (χ0n) is 15.8. The summed E-state index contributed by atoms with van der Waals surface area (Å²) in [5.74, 6) is 0.736. The summed E-state index contributed by atoms with van der Waals surface area (Å²) in [6.07, 6.45) is 1.57. The van der Waals surface area contributed by atoms with Gasteiger partial charge in [0.1, 0.15) is 11.9 Å². The van der Waals surface area contributed by atoms with Crippen LogP contribution in [0.5, 0.6) is 0 Å². The van der Waals surface area contributed by atoms with Gasteiger partial charge in [0.05, 0.1) is 12.6 Å². The molecule has 1 saturated carbocycles. The second-order valence-corrected chi connectivity index (χ2v) is 7.80. The predicted molar refractivity (Wildman–Crippen MR) is 101 cm³/mol. The molecule has 1 heterocycles. The van der Waals surface area contributed by atoms with Crippen molar-refractivity contribution in [3.05, 3.63) is 35.6 Å². The Hall–Kier alpha value is -1.66. The molecule has 1 saturated heterocycles. The molecule has 2 fully saturated rings. The van der Waals surface area contributed by atoms with Crippen LogP contribution in [0.25, 0.3) is 0 Å². The van der Waals surface area contributed by atoms with Gasteiger partial charge in [-0.25, -0.2) is 4.39 Å². The Labute approximate surface area is 155 Å². The van der Waals surface area contributed by atoms with Crippen LogP contribution in [0.15, 0.2) is 29.3 Å². The largest absolute Gasteiger partial charge is 0.386 e. The van der Waals surface area contributed by atoms with Crippen LogP contribution in [0.3, 0.4) is 0 Å².